The normalized spacial score (nSPS) is 20.9. The minimum absolute atomic E-state index is 0.173. The number of nitrogens with one attached hydrogen (secondary N) is 1. The average Bonchev–Trinajstić information content (AvgIpc) is 3.12. The summed E-state index contributed by atoms with van der Waals surface area (Å²) in [6.07, 6.45) is 5.72. The van der Waals surface area contributed by atoms with Crippen LogP contribution < -0.4 is 5.32 Å². The Labute approximate surface area is 169 Å². The first-order valence-corrected chi connectivity index (χ1v) is 9.52. The van der Waals surface area contributed by atoms with Crippen molar-refractivity contribution in [2.45, 2.75) is 18.6 Å². The third-order valence-electron chi connectivity index (χ3n) is 5.19. The summed E-state index contributed by atoms with van der Waals surface area (Å²) in [6, 6.07) is 11.6. The van der Waals surface area contributed by atoms with E-state index in [1.165, 1.54) is 0 Å². The number of carbonyl (C=O) groups excluding carboxylic acids is 2. The molecule has 4 rings (SSSR count). The number of phenols is 1. The van der Waals surface area contributed by atoms with Gasteiger partial charge in [0.05, 0.1) is 24.0 Å². The van der Waals surface area contributed by atoms with E-state index in [1.807, 2.05) is 18.2 Å². The molecule has 2 aliphatic rings. The van der Waals surface area contributed by atoms with Gasteiger partial charge in [-0.3, -0.25) is 9.59 Å². The van der Waals surface area contributed by atoms with Gasteiger partial charge in [0, 0.05) is 6.54 Å². The smallest absolute Gasteiger partial charge is 0.256 e. The summed E-state index contributed by atoms with van der Waals surface area (Å²) in [5, 5.41) is 12.3. The summed E-state index contributed by atoms with van der Waals surface area (Å²) in [5.74, 6) is -0.187. The second-order valence-corrected chi connectivity index (χ2v) is 7.11. The van der Waals surface area contributed by atoms with Crippen molar-refractivity contribution in [3.05, 3.63) is 71.8 Å². The number of benzene rings is 2. The molecule has 0 radical (unpaired) electrons. The molecule has 6 nitrogen and oxygen atoms in total. The van der Waals surface area contributed by atoms with Crippen LogP contribution in [0.2, 0.25) is 0 Å². The predicted molar refractivity (Wildman–Crippen MR) is 111 cm³/mol. The summed E-state index contributed by atoms with van der Waals surface area (Å²) < 4.78 is 5.71. The van der Waals surface area contributed by atoms with Crippen LogP contribution in [0.15, 0.2) is 55.1 Å². The fraction of sp³-hybridized carbons (Fsp3) is 0.217. The monoisotopic (exact) mass is 390 g/mol. The zero-order valence-electron chi connectivity index (χ0n) is 15.9. The van der Waals surface area contributed by atoms with Crippen molar-refractivity contribution in [1.82, 2.24) is 4.90 Å². The van der Waals surface area contributed by atoms with Gasteiger partial charge < -0.3 is 20.1 Å². The summed E-state index contributed by atoms with van der Waals surface area (Å²) in [4.78, 5) is 27.5. The highest BCUT2D eigenvalue weighted by molar-refractivity contribution is 6.10. The van der Waals surface area contributed by atoms with Gasteiger partial charge in [0.15, 0.2) is 0 Å². The number of ether oxygens (including phenoxy) is 1. The van der Waals surface area contributed by atoms with Crippen molar-refractivity contribution in [1.29, 1.82) is 0 Å². The number of hydrogen-bond acceptors (Lipinski definition) is 4. The minimum atomic E-state index is -0.633. The van der Waals surface area contributed by atoms with Gasteiger partial charge >= 0.3 is 0 Å². The van der Waals surface area contributed by atoms with Crippen molar-refractivity contribution in [3.63, 3.8) is 0 Å². The van der Waals surface area contributed by atoms with Crippen LogP contribution in [-0.2, 0) is 9.53 Å². The largest absolute Gasteiger partial charge is 0.508 e. The van der Waals surface area contributed by atoms with Gasteiger partial charge in [-0.05, 0) is 41.8 Å². The van der Waals surface area contributed by atoms with Crippen LogP contribution in [0.4, 0.5) is 5.69 Å². The molecular weight excluding hydrogens is 368 g/mol. The second kappa shape index (κ2) is 7.93. The number of amides is 2. The number of hydrogen-bond donors (Lipinski definition) is 2. The van der Waals surface area contributed by atoms with Crippen molar-refractivity contribution in [3.8, 4) is 5.75 Å². The van der Waals surface area contributed by atoms with E-state index in [4.69, 9.17) is 4.74 Å². The maximum Gasteiger partial charge on any atom is 0.256 e. The van der Waals surface area contributed by atoms with E-state index < -0.39 is 6.04 Å². The average molecular weight is 390 g/mol. The van der Waals surface area contributed by atoms with E-state index in [1.54, 1.807) is 47.4 Å². The Morgan fingerprint density at radius 3 is 2.62 bits per heavy atom. The highest BCUT2D eigenvalue weighted by Crippen LogP contribution is 2.31. The van der Waals surface area contributed by atoms with Gasteiger partial charge in [-0.1, -0.05) is 36.4 Å². The molecule has 0 aliphatic carbocycles. The molecule has 1 fully saturated rings. The second-order valence-electron chi connectivity index (χ2n) is 7.11. The molecule has 2 aromatic rings. The lowest BCUT2D eigenvalue weighted by molar-refractivity contribution is -0.122. The number of carbonyl (C=O) groups is 2. The van der Waals surface area contributed by atoms with Crippen LogP contribution in [-0.4, -0.2) is 47.1 Å². The van der Waals surface area contributed by atoms with Crippen LogP contribution in [0.25, 0.3) is 12.2 Å². The third-order valence-corrected chi connectivity index (χ3v) is 5.19. The molecule has 2 aliphatic heterocycles. The molecule has 148 valence electrons. The maximum absolute atomic E-state index is 13.2. The highest BCUT2D eigenvalue weighted by Gasteiger charge is 2.45. The topological polar surface area (TPSA) is 78.9 Å². The van der Waals surface area contributed by atoms with E-state index in [-0.39, 0.29) is 23.7 Å². The number of rotatable bonds is 5. The Kier molecular flexibility index (Phi) is 5.18. The minimum Gasteiger partial charge on any atom is -0.508 e. The van der Waals surface area contributed by atoms with Crippen LogP contribution in [0.5, 0.6) is 5.75 Å². The maximum atomic E-state index is 13.2. The first-order chi connectivity index (χ1) is 14.1. The van der Waals surface area contributed by atoms with Gasteiger partial charge in [0.2, 0.25) is 5.91 Å². The molecule has 2 atom stereocenters. The molecule has 0 spiro atoms. The Morgan fingerprint density at radius 1 is 1.14 bits per heavy atom. The number of nitrogens with zero attached hydrogens (tertiary/aromatic N) is 1. The summed E-state index contributed by atoms with van der Waals surface area (Å²) >= 11 is 0. The molecule has 0 saturated carbocycles. The zero-order chi connectivity index (χ0) is 20.4. The fourth-order valence-electron chi connectivity index (χ4n) is 3.76. The quantitative estimate of drug-likeness (QED) is 0.607. The van der Waals surface area contributed by atoms with Crippen molar-refractivity contribution in [2.24, 2.45) is 0 Å². The number of fused-ring (bicyclic) bond motifs is 2. The number of phenolic OH excluding ortho intramolecular Hbond substituents is 1. The van der Waals surface area contributed by atoms with Crippen LogP contribution in [0.3, 0.4) is 0 Å². The molecular formula is C23H22N2O4. The molecule has 1 saturated heterocycles. The molecule has 0 aromatic heterocycles. The molecule has 29 heavy (non-hydrogen) atoms. The molecule has 6 heteroatoms. The van der Waals surface area contributed by atoms with E-state index in [0.29, 0.717) is 30.8 Å². The van der Waals surface area contributed by atoms with E-state index in [2.05, 4.69) is 11.9 Å². The Bertz CT molecular complexity index is 981. The lowest BCUT2D eigenvalue weighted by atomic mass is 10.1. The molecule has 2 N–H and O–H groups in total. The molecule has 2 amide bonds. The summed E-state index contributed by atoms with van der Waals surface area (Å²) in [6.45, 7) is 4.46. The van der Waals surface area contributed by atoms with Gasteiger partial charge in [-0.25, -0.2) is 0 Å². The van der Waals surface area contributed by atoms with Gasteiger partial charge in [-0.2, -0.15) is 0 Å². The number of anilines is 1. The lowest BCUT2D eigenvalue weighted by Gasteiger charge is -2.24. The molecule has 2 heterocycles. The first kappa shape index (κ1) is 19.0. The first-order valence-electron chi connectivity index (χ1n) is 9.52. The summed E-state index contributed by atoms with van der Waals surface area (Å²) in [7, 11) is 0. The molecule has 0 bridgehead atoms. The van der Waals surface area contributed by atoms with E-state index in [9.17, 15) is 14.7 Å². The third kappa shape index (κ3) is 3.79. The Hall–Kier alpha value is -3.38. The van der Waals surface area contributed by atoms with Crippen LogP contribution in [0, 0.1) is 0 Å². The lowest BCUT2D eigenvalue weighted by Crippen LogP contribution is -2.46. The Morgan fingerprint density at radius 2 is 1.86 bits per heavy atom. The van der Waals surface area contributed by atoms with Gasteiger partial charge in [0.1, 0.15) is 11.8 Å². The fourth-order valence-corrected chi connectivity index (χ4v) is 3.76. The molecule has 2 aromatic carbocycles. The Balaban J connectivity index is 1.60. The van der Waals surface area contributed by atoms with Crippen LogP contribution >= 0.6 is 0 Å². The SMILES string of the molecule is C=CCO[C@H]1CCN2C(=O)c3cc(C=Cc4ccc(O)cc4)ccc3NC(=O)[C@H]12. The highest BCUT2D eigenvalue weighted by atomic mass is 16.5. The molecule has 0 unspecified atom stereocenters. The number of aromatic hydroxyl groups is 1. The zero-order valence-corrected chi connectivity index (χ0v) is 15.9. The predicted octanol–water partition coefficient (Wildman–Crippen LogP) is 3.30. The van der Waals surface area contributed by atoms with Crippen molar-refractivity contribution >= 4 is 29.7 Å². The van der Waals surface area contributed by atoms with Crippen molar-refractivity contribution in [2.75, 3.05) is 18.5 Å². The standard InChI is InChI=1S/C23H22N2O4/c1-2-13-29-20-11-12-25-21(20)22(27)24-19-10-7-16(14-18(19)23(25)28)4-3-15-5-8-17(26)9-6-15/h2-10,14,20-21,26H,1,11-13H2,(H,24,27)/t20-,21-/m0/s1. The van der Waals surface area contributed by atoms with Crippen LogP contribution in [0.1, 0.15) is 27.9 Å². The summed E-state index contributed by atoms with van der Waals surface area (Å²) in [5.41, 5.74) is 2.76. The van der Waals surface area contributed by atoms with Gasteiger partial charge in [0.25, 0.3) is 5.91 Å². The van der Waals surface area contributed by atoms with Crippen molar-refractivity contribution < 1.29 is 19.4 Å². The van der Waals surface area contributed by atoms with Gasteiger partial charge in [-0.15, -0.1) is 6.58 Å². The van der Waals surface area contributed by atoms with E-state index >= 15 is 0 Å². The van der Waals surface area contributed by atoms with E-state index in [0.717, 1.165) is 11.1 Å².